The second kappa shape index (κ2) is 3.08. The molecule has 3 atom stereocenters. The fourth-order valence-electron chi connectivity index (χ4n) is 2.19. The molecule has 0 aromatic heterocycles. The summed E-state index contributed by atoms with van der Waals surface area (Å²) in [5, 5.41) is 8.77. The Balaban J connectivity index is 2.13. The van der Waals surface area contributed by atoms with E-state index in [4.69, 9.17) is 5.11 Å². The molecule has 1 heterocycles. The van der Waals surface area contributed by atoms with Crippen LogP contribution in [0.25, 0.3) is 0 Å². The molecule has 2 aliphatic rings. The third-order valence-electron chi connectivity index (χ3n) is 3.01. The van der Waals surface area contributed by atoms with Crippen molar-refractivity contribution >= 4 is 17.9 Å². The normalized spacial score (nSPS) is 36.4. The van der Waals surface area contributed by atoms with Gasteiger partial charge in [-0.1, -0.05) is 0 Å². The Kier molecular flexibility index (Phi) is 2.02. The number of fused-ring (bicyclic) bond motifs is 1. The van der Waals surface area contributed by atoms with Crippen LogP contribution in [0.2, 0.25) is 0 Å². The quantitative estimate of drug-likeness (QED) is 0.480. The Morgan fingerprint density at radius 1 is 1.21 bits per heavy atom. The molecule has 1 saturated heterocycles. The van der Waals surface area contributed by atoms with Gasteiger partial charge >= 0.3 is 17.9 Å². The average Bonchev–Trinajstić information content (AvgIpc) is 2.42. The topological polar surface area (TPSA) is 80.7 Å². The summed E-state index contributed by atoms with van der Waals surface area (Å²) in [6.45, 7) is 0. The Labute approximate surface area is 80.0 Å². The van der Waals surface area contributed by atoms with Crippen LogP contribution in [-0.4, -0.2) is 23.0 Å². The van der Waals surface area contributed by atoms with Gasteiger partial charge in [-0.05, 0) is 19.3 Å². The van der Waals surface area contributed by atoms with Crippen LogP contribution in [0, 0.1) is 17.8 Å². The number of rotatable bonds is 1. The lowest BCUT2D eigenvalue weighted by Gasteiger charge is -2.24. The molecule has 0 spiro atoms. The van der Waals surface area contributed by atoms with E-state index in [1.54, 1.807) is 0 Å². The zero-order valence-electron chi connectivity index (χ0n) is 7.43. The summed E-state index contributed by atoms with van der Waals surface area (Å²) in [6, 6.07) is 0. The number of esters is 2. The first kappa shape index (κ1) is 9.18. The van der Waals surface area contributed by atoms with E-state index in [-0.39, 0.29) is 6.42 Å². The fraction of sp³-hybridized carbons (Fsp3) is 0.667. The van der Waals surface area contributed by atoms with Gasteiger partial charge < -0.3 is 9.84 Å². The number of cyclic esters (lactones) is 2. The number of carboxylic acids is 1. The molecule has 14 heavy (non-hydrogen) atoms. The maximum atomic E-state index is 11.2. The van der Waals surface area contributed by atoms with Crippen molar-refractivity contribution in [2.45, 2.75) is 19.3 Å². The molecule has 2 rings (SSSR count). The first-order chi connectivity index (χ1) is 6.59. The number of aliphatic carboxylic acids is 1. The molecule has 1 aliphatic carbocycles. The predicted molar refractivity (Wildman–Crippen MR) is 43.1 cm³/mol. The summed E-state index contributed by atoms with van der Waals surface area (Å²) in [6.07, 6.45) is 1.15. The largest absolute Gasteiger partial charge is 0.481 e. The third-order valence-corrected chi connectivity index (χ3v) is 3.01. The van der Waals surface area contributed by atoms with Crippen LogP contribution in [0.5, 0.6) is 0 Å². The predicted octanol–water partition coefficient (Wildman–Crippen LogP) is 0.187. The van der Waals surface area contributed by atoms with Crippen molar-refractivity contribution in [3.63, 3.8) is 0 Å². The molecule has 1 aliphatic heterocycles. The van der Waals surface area contributed by atoms with Gasteiger partial charge in [0.05, 0.1) is 17.8 Å². The van der Waals surface area contributed by atoms with E-state index in [1.165, 1.54) is 0 Å². The molecule has 1 unspecified atom stereocenters. The highest BCUT2D eigenvalue weighted by Gasteiger charge is 2.48. The molecule has 5 heteroatoms. The van der Waals surface area contributed by atoms with E-state index < -0.39 is 35.7 Å². The van der Waals surface area contributed by atoms with Crippen LogP contribution in [0.15, 0.2) is 0 Å². The molecule has 0 aromatic carbocycles. The van der Waals surface area contributed by atoms with Crippen LogP contribution >= 0.6 is 0 Å². The van der Waals surface area contributed by atoms with Gasteiger partial charge in [0, 0.05) is 0 Å². The standard InChI is InChI=1S/C9H10O5/c10-7(11)4-1-2-5-6(3-4)9(13)14-8(5)12/h4-6H,1-3H2,(H,10,11)/t4-,5?,6+/m0/s1. The van der Waals surface area contributed by atoms with Gasteiger partial charge in [-0.2, -0.15) is 0 Å². The summed E-state index contributed by atoms with van der Waals surface area (Å²) in [4.78, 5) is 33.0. The molecular weight excluding hydrogens is 188 g/mol. The molecule has 1 saturated carbocycles. The second-order valence-electron chi connectivity index (χ2n) is 3.80. The number of carboxylic acid groups (broad SMARTS) is 1. The van der Waals surface area contributed by atoms with Crippen LogP contribution in [0.4, 0.5) is 0 Å². The maximum absolute atomic E-state index is 11.2. The minimum atomic E-state index is -0.893. The molecule has 1 N–H and O–H groups in total. The smallest absolute Gasteiger partial charge is 0.317 e. The SMILES string of the molecule is O=C1OC(=O)[C@@H]2C[C@@H](C(=O)O)CCC12. The Bertz CT molecular complexity index is 308. The van der Waals surface area contributed by atoms with Gasteiger partial charge in [-0.3, -0.25) is 14.4 Å². The van der Waals surface area contributed by atoms with Crippen LogP contribution in [0.1, 0.15) is 19.3 Å². The first-order valence-corrected chi connectivity index (χ1v) is 4.58. The van der Waals surface area contributed by atoms with Gasteiger partial charge in [0.1, 0.15) is 0 Å². The van der Waals surface area contributed by atoms with Gasteiger partial charge in [0.15, 0.2) is 0 Å². The van der Waals surface area contributed by atoms with Crippen LogP contribution in [0.3, 0.4) is 0 Å². The van der Waals surface area contributed by atoms with E-state index >= 15 is 0 Å². The number of carbonyl (C=O) groups is 3. The minimum absolute atomic E-state index is 0.241. The lowest BCUT2D eigenvalue weighted by atomic mass is 9.75. The highest BCUT2D eigenvalue weighted by atomic mass is 16.6. The highest BCUT2D eigenvalue weighted by Crippen LogP contribution is 2.39. The van der Waals surface area contributed by atoms with Crippen molar-refractivity contribution in [2.24, 2.45) is 17.8 Å². The van der Waals surface area contributed by atoms with E-state index in [9.17, 15) is 14.4 Å². The first-order valence-electron chi connectivity index (χ1n) is 4.58. The van der Waals surface area contributed by atoms with E-state index in [0.29, 0.717) is 12.8 Å². The summed E-state index contributed by atoms with van der Waals surface area (Å²) in [5.41, 5.74) is 0. The third kappa shape index (κ3) is 1.29. The molecule has 0 bridgehead atoms. The number of carbonyl (C=O) groups excluding carboxylic acids is 2. The van der Waals surface area contributed by atoms with Gasteiger partial charge in [-0.15, -0.1) is 0 Å². The zero-order chi connectivity index (χ0) is 10.3. The summed E-state index contributed by atoms with van der Waals surface area (Å²) in [5.74, 6) is -3.34. The van der Waals surface area contributed by atoms with Crippen molar-refractivity contribution in [1.29, 1.82) is 0 Å². The molecule has 76 valence electrons. The Morgan fingerprint density at radius 3 is 2.50 bits per heavy atom. The van der Waals surface area contributed by atoms with Crippen molar-refractivity contribution < 1.29 is 24.2 Å². The molecule has 2 fully saturated rings. The lowest BCUT2D eigenvalue weighted by Crippen LogP contribution is -2.30. The van der Waals surface area contributed by atoms with Crippen LogP contribution < -0.4 is 0 Å². The molecular formula is C9H10O5. The molecule has 5 nitrogen and oxygen atoms in total. The van der Waals surface area contributed by atoms with Gasteiger partial charge in [0.2, 0.25) is 0 Å². The number of hydrogen-bond donors (Lipinski definition) is 1. The van der Waals surface area contributed by atoms with E-state index in [0.717, 1.165) is 0 Å². The second-order valence-corrected chi connectivity index (χ2v) is 3.80. The zero-order valence-corrected chi connectivity index (χ0v) is 7.43. The Morgan fingerprint density at radius 2 is 1.86 bits per heavy atom. The Hall–Kier alpha value is -1.39. The van der Waals surface area contributed by atoms with Crippen LogP contribution in [-0.2, 0) is 19.1 Å². The fourth-order valence-corrected chi connectivity index (χ4v) is 2.19. The average molecular weight is 198 g/mol. The number of hydrogen-bond acceptors (Lipinski definition) is 4. The van der Waals surface area contributed by atoms with Crippen molar-refractivity contribution in [3.8, 4) is 0 Å². The lowest BCUT2D eigenvalue weighted by molar-refractivity contribution is -0.153. The highest BCUT2D eigenvalue weighted by molar-refractivity contribution is 5.96. The molecule has 0 aromatic rings. The molecule has 0 amide bonds. The van der Waals surface area contributed by atoms with Gasteiger partial charge in [-0.25, -0.2) is 0 Å². The van der Waals surface area contributed by atoms with E-state index in [1.807, 2.05) is 0 Å². The summed E-state index contributed by atoms with van der Waals surface area (Å²) in [7, 11) is 0. The number of ether oxygens (including phenoxy) is 1. The van der Waals surface area contributed by atoms with Crippen molar-refractivity contribution in [1.82, 2.24) is 0 Å². The van der Waals surface area contributed by atoms with Gasteiger partial charge in [0.25, 0.3) is 0 Å². The summed E-state index contributed by atoms with van der Waals surface area (Å²) >= 11 is 0. The minimum Gasteiger partial charge on any atom is -0.481 e. The monoisotopic (exact) mass is 198 g/mol. The van der Waals surface area contributed by atoms with Crippen molar-refractivity contribution in [3.05, 3.63) is 0 Å². The van der Waals surface area contributed by atoms with Crippen molar-refractivity contribution in [2.75, 3.05) is 0 Å². The maximum Gasteiger partial charge on any atom is 0.317 e. The summed E-state index contributed by atoms with van der Waals surface area (Å²) < 4.78 is 4.47. The molecule has 0 radical (unpaired) electrons. The van der Waals surface area contributed by atoms with E-state index in [2.05, 4.69) is 4.74 Å².